The molecule has 1 N–H and O–H groups in total. The first-order chi connectivity index (χ1) is 17.6. The molecule has 6 nitrogen and oxygen atoms in total. The Kier molecular flexibility index (Phi) is 6.50. The summed E-state index contributed by atoms with van der Waals surface area (Å²) in [5.74, 6) is 2.96. The fourth-order valence-electron chi connectivity index (χ4n) is 10.8. The number of fused-ring (bicyclic) bond motifs is 7. The van der Waals surface area contributed by atoms with Crippen molar-refractivity contribution in [1.82, 2.24) is 0 Å². The lowest BCUT2D eigenvalue weighted by Crippen LogP contribution is -2.55. The molecule has 12 atom stereocenters. The second-order valence-corrected chi connectivity index (χ2v) is 14.5. The Morgan fingerprint density at radius 2 is 1.70 bits per heavy atom. The Morgan fingerprint density at radius 1 is 0.919 bits per heavy atom. The van der Waals surface area contributed by atoms with Crippen LogP contribution in [-0.4, -0.2) is 41.6 Å². The molecule has 0 aromatic rings. The van der Waals surface area contributed by atoms with E-state index >= 15 is 0 Å². The van der Waals surface area contributed by atoms with Gasteiger partial charge in [0.25, 0.3) is 0 Å². The van der Waals surface area contributed by atoms with Crippen molar-refractivity contribution in [2.45, 2.75) is 123 Å². The number of hydrogen-bond donors (Lipinski definition) is 1. The first-order valence-corrected chi connectivity index (χ1v) is 15.3. The Balaban J connectivity index is 1.13. The summed E-state index contributed by atoms with van der Waals surface area (Å²) in [6, 6.07) is 0. The normalized spacial score (nSPS) is 52.6. The van der Waals surface area contributed by atoms with E-state index in [2.05, 4.69) is 27.7 Å². The maximum atomic E-state index is 12.2. The molecule has 4 aliphatic carbocycles. The largest absolute Gasteiger partial charge is 0.481 e. The smallest absolute Gasteiger partial charge is 0.306 e. The van der Waals surface area contributed by atoms with Crippen LogP contribution in [0.5, 0.6) is 0 Å². The molecule has 0 amide bonds. The van der Waals surface area contributed by atoms with Crippen molar-refractivity contribution < 1.29 is 28.9 Å². The number of carbonyl (C=O) groups excluding carboxylic acids is 1. The Bertz CT molecular complexity index is 909. The molecule has 2 heterocycles. The quantitative estimate of drug-likeness (QED) is 0.448. The van der Waals surface area contributed by atoms with Crippen LogP contribution in [0.25, 0.3) is 0 Å². The summed E-state index contributed by atoms with van der Waals surface area (Å²) in [6.07, 6.45) is 11.7. The minimum absolute atomic E-state index is 0.0209. The van der Waals surface area contributed by atoms with Crippen LogP contribution < -0.4 is 0 Å². The van der Waals surface area contributed by atoms with Gasteiger partial charge >= 0.3 is 11.9 Å². The number of carboxylic acid groups (broad SMARTS) is 1. The fraction of sp³-hybridized carbons (Fsp3) is 0.935. The van der Waals surface area contributed by atoms with Gasteiger partial charge in [-0.3, -0.25) is 9.59 Å². The van der Waals surface area contributed by atoms with E-state index in [0.29, 0.717) is 40.6 Å². The third kappa shape index (κ3) is 4.10. The Labute approximate surface area is 222 Å². The summed E-state index contributed by atoms with van der Waals surface area (Å²) >= 11 is 0. The van der Waals surface area contributed by atoms with Crippen LogP contribution in [0.15, 0.2) is 0 Å². The molecular formula is C31H48O6. The molecule has 37 heavy (non-hydrogen) atoms. The van der Waals surface area contributed by atoms with Gasteiger partial charge in [0.15, 0.2) is 5.79 Å². The van der Waals surface area contributed by atoms with Gasteiger partial charge in [-0.25, -0.2) is 0 Å². The zero-order valence-electron chi connectivity index (χ0n) is 23.4. The van der Waals surface area contributed by atoms with Gasteiger partial charge in [-0.05, 0) is 104 Å². The molecule has 6 rings (SSSR count). The first kappa shape index (κ1) is 26.1. The molecule has 6 heteroatoms. The molecule has 0 aromatic carbocycles. The van der Waals surface area contributed by atoms with Crippen molar-refractivity contribution in [3.8, 4) is 0 Å². The molecule has 0 aromatic heterocycles. The third-order valence-corrected chi connectivity index (χ3v) is 12.7. The SMILES string of the molecule is C[C@@H]1CC[C@@]2(OC1)OC1CC3C4CCC5C[C@@H](OC(=O)CCC(=O)O)CC[C@]5(C)C4CC[C@]3(C)C1[C@@H]2C. The molecule has 6 unspecified atom stereocenters. The van der Waals surface area contributed by atoms with Crippen molar-refractivity contribution in [2.24, 2.45) is 52.3 Å². The highest BCUT2D eigenvalue weighted by atomic mass is 16.7. The van der Waals surface area contributed by atoms with E-state index in [4.69, 9.17) is 19.3 Å². The van der Waals surface area contributed by atoms with Gasteiger partial charge in [0.1, 0.15) is 6.10 Å². The average Bonchev–Trinajstić information content (AvgIpc) is 3.30. The van der Waals surface area contributed by atoms with Crippen LogP contribution in [0.1, 0.15) is 105 Å². The lowest BCUT2D eigenvalue weighted by Gasteiger charge is -2.61. The van der Waals surface area contributed by atoms with Gasteiger partial charge < -0.3 is 19.3 Å². The Morgan fingerprint density at radius 3 is 2.43 bits per heavy atom. The molecule has 208 valence electrons. The number of carboxylic acids is 1. The maximum absolute atomic E-state index is 12.2. The summed E-state index contributed by atoms with van der Waals surface area (Å²) < 4.78 is 19.2. The summed E-state index contributed by atoms with van der Waals surface area (Å²) in [7, 11) is 0. The monoisotopic (exact) mass is 516 g/mol. The minimum Gasteiger partial charge on any atom is -0.481 e. The summed E-state index contributed by atoms with van der Waals surface area (Å²) in [5, 5.41) is 8.87. The van der Waals surface area contributed by atoms with Gasteiger partial charge in [-0.2, -0.15) is 0 Å². The van der Waals surface area contributed by atoms with E-state index in [1.54, 1.807) is 0 Å². The van der Waals surface area contributed by atoms with Crippen LogP contribution in [0.3, 0.4) is 0 Å². The highest BCUT2D eigenvalue weighted by Gasteiger charge is 2.69. The van der Waals surface area contributed by atoms with Gasteiger partial charge in [0, 0.05) is 12.3 Å². The van der Waals surface area contributed by atoms with Gasteiger partial charge in [0.2, 0.25) is 0 Å². The molecule has 4 saturated carbocycles. The summed E-state index contributed by atoms with van der Waals surface area (Å²) in [4.78, 5) is 23.0. The van der Waals surface area contributed by atoms with E-state index in [1.807, 2.05) is 0 Å². The highest BCUT2D eigenvalue weighted by Crippen LogP contribution is 2.71. The van der Waals surface area contributed by atoms with Crippen molar-refractivity contribution >= 4 is 11.9 Å². The van der Waals surface area contributed by atoms with Crippen LogP contribution in [0, 0.1) is 52.3 Å². The zero-order chi connectivity index (χ0) is 26.2. The molecule has 0 bridgehead atoms. The molecule has 6 aliphatic rings. The molecular weight excluding hydrogens is 468 g/mol. The van der Waals surface area contributed by atoms with E-state index in [9.17, 15) is 9.59 Å². The predicted molar refractivity (Wildman–Crippen MR) is 138 cm³/mol. The summed E-state index contributed by atoms with van der Waals surface area (Å²) in [5.41, 5.74) is 0.670. The fourth-order valence-corrected chi connectivity index (χ4v) is 10.8. The number of ether oxygens (including phenoxy) is 3. The van der Waals surface area contributed by atoms with Crippen molar-refractivity contribution in [2.75, 3.05) is 6.61 Å². The standard InChI is InChI=1S/C31H48O6/c1-18-9-14-31(35-17-18)19(2)28-25(37-31)16-24-22-6-5-20-15-21(36-27(34)8-7-26(32)33)10-12-29(20,3)23(22)11-13-30(24,28)4/h18-25,28H,5-17H2,1-4H3,(H,32,33)/t18-,19+,20?,21+,22?,23?,24?,25?,28?,29+,30+,31-/m1/s1. The van der Waals surface area contributed by atoms with E-state index < -0.39 is 5.97 Å². The van der Waals surface area contributed by atoms with Gasteiger partial charge in [-0.1, -0.05) is 27.7 Å². The van der Waals surface area contributed by atoms with Gasteiger partial charge in [-0.15, -0.1) is 0 Å². The number of esters is 1. The van der Waals surface area contributed by atoms with Crippen molar-refractivity contribution in [3.63, 3.8) is 0 Å². The molecule has 1 spiro atoms. The topological polar surface area (TPSA) is 82.1 Å². The first-order valence-electron chi connectivity index (χ1n) is 15.3. The van der Waals surface area contributed by atoms with Crippen LogP contribution in [0.4, 0.5) is 0 Å². The summed E-state index contributed by atoms with van der Waals surface area (Å²) in [6.45, 7) is 10.7. The molecule has 0 radical (unpaired) electrons. The third-order valence-electron chi connectivity index (χ3n) is 12.7. The molecule has 6 fully saturated rings. The minimum atomic E-state index is -0.942. The van der Waals surface area contributed by atoms with Crippen molar-refractivity contribution in [1.29, 1.82) is 0 Å². The number of rotatable bonds is 4. The second kappa shape index (κ2) is 9.21. The molecule has 2 saturated heterocycles. The average molecular weight is 517 g/mol. The van der Waals surface area contributed by atoms with E-state index in [1.165, 1.54) is 38.5 Å². The number of carbonyl (C=O) groups is 2. The lowest BCUT2D eigenvalue weighted by atomic mass is 9.44. The number of hydrogen-bond acceptors (Lipinski definition) is 5. The van der Waals surface area contributed by atoms with Gasteiger partial charge in [0.05, 0.1) is 25.6 Å². The van der Waals surface area contributed by atoms with Crippen molar-refractivity contribution in [3.05, 3.63) is 0 Å². The van der Waals surface area contributed by atoms with E-state index in [0.717, 1.165) is 50.0 Å². The number of aliphatic carboxylic acids is 1. The Hall–Kier alpha value is -1.14. The maximum Gasteiger partial charge on any atom is 0.306 e. The predicted octanol–water partition coefficient (Wildman–Crippen LogP) is 6.21. The van der Waals surface area contributed by atoms with Crippen LogP contribution in [0.2, 0.25) is 0 Å². The zero-order valence-corrected chi connectivity index (χ0v) is 23.4. The van der Waals surface area contributed by atoms with Crippen LogP contribution in [-0.2, 0) is 23.8 Å². The highest BCUT2D eigenvalue weighted by molar-refractivity contribution is 5.76. The lowest BCUT2D eigenvalue weighted by molar-refractivity contribution is -0.273. The van der Waals surface area contributed by atoms with E-state index in [-0.39, 0.29) is 30.7 Å². The van der Waals surface area contributed by atoms with Crippen LogP contribution >= 0.6 is 0 Å². The second-order valence-electron chi connectivity index (χ2n) is 14.5. The molecule has 2 aliphatic heterocycles.